The largest absolute Gasteiger partial charge is 0.316 e. The lowest BCUT2D eigenvalue weighted by Crippen LogP contribution is -2.47. The molecule has 2 N–H and O–H groups in total. The van der Waals surface area contributed by atoms with Gasteiger partial charge in [-0.05, 0) is 41.0 Å². The minimum atomic E-state index is 0.0839. The number of carbonyl (C=O) groups is 1. The summed E-state index contributed by atoms with van der Waals surface area (Å²) < 4.78 is 0. The maximum Gasteiger partial charge on any atom is 0.149 e. The molecule has 0 bridgehead atoms. The highest BCUT2D eigenvalue weighted by Crippen LogP contribution is 2.37. The summed E-state index contributed by atoms with van der Waals surface area (Å²) in [6.45, 7) is 35.1. The summed E-state index contributed by atoms with van der Waals surface area (Å²) in [5.74, 6) is 0.435. The van der Waals surface area contributed by atoms with Gasteiger partial charge in [-0.2, -0.15) is 0 Å². The number of nitrogens with one attached hydrogen (secondary N) is 2. The zero-order chi connectivity index (χ0) is 25.4. The van der Waals surface area contributed by atoms with Crippen LogP contribution in [0, 0.1) is 27.6 Å². The second-order valence-electron chi connectivity index (χ2n) is 14.1. The Morgan fingerprint density at radius 2 is 1.19 bits per heavy atom. The third-order valence-electron chi connectivity index (χ3n) is 6.08. The average Bonchev–Trinajstić information content (AvgIpc) is 2.55. The molecule has 0 fully saturated rings. The van der Waals surface area contributed by atoms with E-state index in [-0.39, 0.29) is 27.6 Å². The van der Waals surface area contributed by atoms with Crippen LogP contribution < -0.4 is 10.6 Å². The highest BCUT2D eigenvalue weighted by Gasteiger charge is 2.35. The summed E-state index contributed by atoms with van der Waals surface area (Å²) in [5, 5.41) is 7.14. The molecule has 0 atom stereocenters. The van der Waals surface area contributed by atoms with Gasteiger partial charge in [0.25, 0.3) is 0 Å². The fourth-order valence-corrected chi connectivity index (χ4v) is 5.55. The van der Waals surface area contributed by atoms with Gasteiger partial charge in [-0.1, -0.05) is 90.0 Å². The van der Waals surface area contributed by atoms with Crippen LogP contribution in [0.1, 0.15) is 103 Å². The maximum absolute atomic E-state index is 12.8. The quantitative estimate of drug-likeness (QED) is 0.283. The Hall–Kier alpha value is -0.450. The van der Waals surface area contributed by atoms with Crippen LogP contribution in [0.3, 0.4) is 0 Å². The Morgan fingerprint density at radius 1 is 0.750 bits per heavy atom. The van der Waals surface area contributed by atoms with Gasteiger partial charge in [0, 0.05) is 38.1 Å². The van der Waals surface area contributed by atoms with Gasteiger partial charge in [-0.15, -0.1) is 0 Å². The molecule has 0 saturated carbocycles. The molecule has 4 nitrogen and oxygen atoms in total. The normalized spacial score (nSPS) is 14.1. The van der Waals surface area contributed by atoms with Gasteiger partial charge in [0.15, 0.2) is 0 Å². The molecular formula is C28H59N3O. The molecule has 0 aromatic heterocycles. The monoisotopic (exact) mass is 453 g/mol. The maximum atomic E-state index is 12.8. The molecule has 0 aliphatic heterocycles. The van der Waals surface area contributed by atoms with Crippen LogP contribution in [0.2, 0.25) is 0 Å². The van der Waals surface area contributed by atoms with Crippen molar-refractivity contribution in [2.75, 3.05) is 39.3 Å². The van der Waals surface area contributed by atoms with Gasteiger partial charge >= 0.3 is 0 Å². The van der Waals surface area contributed by atoms with Gasteiger partial charge in [0.05, 0.1) is 6.54 Å². The van der Waals surface area contributed by atoms with Crippen LogP contribution in [0.25, 0.3) is 0 Å². The SMILES string of the molecule is CCNCC(C)(C)CC(C)(C)CN(CC(=O)C(C)C)CC(C)(C)CC(C)(C)CNC(C)C. The molecule has 0 heterocycles. The lowest BCUT2D eigenvalue weighted by molar-refractivity contribution is -0.123. The molecule has 192 valence electrons. The van der Waals surface area contributed by atoms with Crippen molar-refractivity contribution in [3.05, 3.63) is 0 Å². The van der Waals surface area contributed by atoms with Gasteiger partial charge < -0.3 is 10.6 Å². The van der Waals surface area contributed by atoms with Gasteiger partial charge in [-0.3, -0.25) is 9.69 Å². The molecule has 0 aliphatic carbocycles. The van der Waals surface area contributed by atoms with Crippen molar-refractivity contribution in [3.63, 3.8) is 0 Å². The predicted octanol–water partition coefficient (Wildman–Crippen LogP) is 6.01. The third-order valence-corrected chi connectivity index (χ3v) is 6.08. The van der Waals surface area contributed by atoms with E-state index in [1.165, 1.54) is 0 Å². The second kappa shape index (κ2) is 12.9. The standard InChI is InChI=1S/C28H59N3O/c1-14-29-18-25(6,7)16-27(10,11)20-31(15-24(32)22(2)3)21-28(12,13)17-26(8,9)19-30-23(4)5/h22-23,29-30H,14-21H2,1-13H3. The molecule has 4 heteroatoms. The van der Waals surface area contributed by atoms with Crippen LogP contribution in [0.5, 0.6) is 0 Å². The van der Waals surface area contributed by atoms with E-state index in [4.69, 9.17) is 0 Å². The Balaban J connectivity index is 5.42. The van der Waals surface area contributed by atoms with Crippen LogP contribution in [-0.2, 0) is 4.79 Å². The third kappa shape index (κ3) is 14.6. The Morgan fingerprint density at radius 3 is 1.56 bits per heavy atom. The molecule has 0 aliphatic rings. The molecule has 0 aromatic carbocycles. The van der Waals surface area contributed by atoms with Crippen molar-refractivity contribution in [2.24, 2.45) is 27.6 Å². The fourth-order valence-electron chi connectivity index (χ4n) is 5.55. The molecule has 0 amide bonds. The predicted molar refractivity (Wildman–Crippen MR) is 142 cm³/mol. The number of nitrogens with zero attached hydrogens (tertiary/aromatic N) is 1. The topological polar surface area (TPSA) is 44.4 Å². The van der Waals surface area contributed by atoms with Crippen molar-refractivity contribution in [1.82, 2.24) is 15.5 Å². The summed E-state index contributed by atoms with van der Waals surface area (Å²) in [5.41, 5.74) is 0.716. The highest BCUT2D eigenvalue weighted by atomic mass is 16.1. The van der Waals surface area contributed by atoms with E-state index in [2.05, 4.69) is 91.7 Å². The van der Waals surface area contributed by atoms with Crippen LogP contribution >= 0.6 is 0 Å². The van der Waals surface area contributed by atoms with E-state index in [1.54, 1.807) is 0 Å². The Labute approximate surface area is 202 Å². The first-order valence-electron chi connectivity index (χ1n) is 13.0. The number of rotatable bonds is 17. The zero-order valence-corrected chi connectivity index (χ0v) is 24.2. The smallest absolute Gasteiger partial charge is 0.149 e. The Bertz CT molecular complexity index is 547. The van der Waals surface area contributed by atoms with Crippen molar-refractivity contribution in [3.8, 4) is 0 Å². The number of carbonyl (C=O) groups excluding carboxylic acids is 1. The van der Waals surface area contributed by atoms with Crippen LogP contribution in [0.15, 0.2) is 0 Å². The molecule has 0 rings (SSSR count). The van der Waals surface area contributed by atoms with Gasteiger partial charge in [0.2, 0.25) is 0 Å². The fraction of sp³-hybridized carbons (Fsp3) is 0.964. The summed E-state index contributed by atoms with van der Waals surface area (Å²) in [6.07, 6.45) is 2.25. The van der Waals surface area contributed by atoms with Crippen LogP contribution in [0.4, 0.5) is 0 Å². The van der Waals surface area contributed by atoms with Crippen molar-refractivity contribution in [1.29, 1.82) is 0 Å². The second-order valence-corrected chi connectivity index (χ2v) is 14.1. The van der Waals surface area contributed by atoms with Crippen molar-refractivity contribution in [2.45, 2.75) is 109 Å². The zero-order valence-electron chi connectivity index (χ0n) is 24.2. The Kier molecular flexibility index (Phi) is 12.7. The molecule has 0 unspecified atom stereocenters. The minimum Gasteiger partial charge on any atom is -0.316 e. The number of Topliss-reactive ketones (excluding diaryl/α,β-unsaturated/α-hetero) is 1. The van der Waals surface area contributed by atoms with E-state index in [0.29, 0.717) is 18.4 Å². The first kappa shape index (κ1) is 31.6. The molecule has 0 spiro atoms. The summed E-state index contributed by atoms with van der Waals surface area (Å²) >= 11 is 0. The average molecular weight is 454 g/mol. The van der Waals surface area contributed by atoms with E-state index < -0.39 is 0 Å². The number of hydrogen-bond acceptors (Lipinski definition) is 4. The lowest BCUT2D eigenvalue weighted by atomic mass is 9.73. The van der Waals surface area contributed by atoms with E-state index in [1.807, 2.05) is 13.8 Å². The number of ketones is 1. The van der Waals surface area contributed by atoms with Gasteiger partial charge in [-0.25, -0.2) is 0 Å². The first-order valence-corrected chi connectivity index (χ1v) is 13.0. The molecule has 0 aromatic rings. The van der Waals surface area contributed by atoms with Crippen molar-refractivity contribution >= 4 is 5.78 Å². The minimum absolute atomic E-state index is 0.0839. The highest BCUT2D eigenvalue weighted by molar-refractivity contribution is 5.82. The van der Waals surface area contributed by atoms with Crippen LogP contribution in [-0.4, -0.2) is 56.0 Å². The van der Waals surface area contributed by atoms with Gasteiger partial charge in [0.1, 0.15) is 5.78 Å². The summed E-state index contributed by atoms with van der Waals surface area (Å²) in [6, 6.07) is 0.504. The molecular weight excluding hydrogens is 394 g/mol. The molecule has 0 radical (unpaired) electrons. The lowest BCUT2D eigenvalue weighted by Gasteiger charge is -2.43. The number of hydrogen-bond donors (Lipinski definition) is 2. The molecule has 32 heavy (non-hydrogen) atoms. The summed E-state index contributed by atoms with van der Waals surface area (Å²) in [7, 11) is 0. The van der Waals surface area contributed by atoms with E-state index in [9.17, 15) is 4.79 Å². The molecule has 0 saturated heterocycles. The first-order chi connectivity index (χ1) is 14.3. The van der Waals surface area contributed by atoms with E-state index >= 15 is 0 Å². The van der Waals surface area contributed by atoms with E-state index in [0.717, 1.165) is 45.6 Å². The summed E-state index contributed by atoms with van der Waals surface area (Å²) in [4.78, 5) is 15.2. The van der Waals surface area contributed by atoms with Crippen molar-refractivity contribution < 1.29 is 4.79 Å².